The van der Waals surface area contributed by atoms with Gasteiger partial charge < -0.3 is 4.74 Å². The van der Waals surface area contributed by atoms with E-state index in [1.165, 1.54) is 12.3 Å². The maximum Gasteiger partial charge on any atom is 0.340 e. The lowest BCUT2D eigenvalue weighted by atomic mass is 10.1. The number of rotatable bonds is 2. The molecule has 0 aliphatic heterocycles. The van der Waals surface area contributed by atoms with Crippen LogP contribution < -0.4 is 0 Å². The van der Waals surface area contributed by atoms with Gasteiger partial charge in [-0.15, -0.1) is 0 Å². The molecular weight excluding hydrogens is 194 g/mol. The first-order valence-corrected chi connectivity index (χ1v) is 4.57. The molecule has 1 aromatic rings. The zero-order valence-electron chi connectivity index (χ0n) is 8.98. The Morgan fingerprint density at radius 1 is 1.47 bits per heavy atom. The number of esters is 1. The smallest absolute Gasteiger partial charge is 0.340 e. The molecule has 0 aliphatic rings. The Hall–Kier alpha value is -1.71. The van der Waals surface area contributed by atoms with E-state index in [1.54, 1.807) is 26.8 Å². The fourth-order valence-corrected chi connectivity index (χ4v) is 1.02. The van der Waals surface area contributed by atoms with Gasteiger partial charge in [-0.25, -0.2) is 4.79 Å². The van der Waals surface area contributed by atoms with Gasteiger partial charge in [-0.05, 0) is 32.9 Å². The van der Waals surface area contributed by atoms with Gasteiger partial charge in [0.2, 0.25) is 0 Å². The number of carbonyl (C=O) groups excluding carboxylic acids is 2. The van der Waals surface area contributed by atoms with E-state index in [0.29, 0.717) is 6.29 Å². The normalized spacial score (nSPS) is 10.9. The molecule has 1 aromatic heterocycles. The molecule has 0 saturated carbocycles. The predicted molar refractivity (Wildman–Crippen MR) is 54.8 cm³/mol. The third kappa shape index (κ3) is 3.16. The van der Waals surface area contributed by atoms with E-state index < -0.39 is 11.6 Å². The first-order valence-electron chi connectivity index (χ1n) is 4.57. The maximum absolute atomic E-state index is 11.6. The Labute approximate surface area is 88.3 Å². The van der Waals surface area contributed by atoms with Gasteiger partial charge in [0.25, 0.3) is 0 Å². The van der Waals surface area contributed by atoms with E-state index in [2.05, 4.69) is 4.98 Å². The topological polar surface area (TPSA) is 56.3 Å². The molecule has 0 aromatic carbocycles. The van der Waals surface area contributed by atoms with Crippen molar-refractivity contribution in [3.63, 3.8) is 0 Å². The molecule has 0 fully saturated rings. The molecule has 15 heavy (non-hydrogen) atoms. The van der Waals surface area contributed by atoms with Crippen molar-refractivity contribution >= 4 is 12.3 Å². The van der Waals surface area contributed by atoms with E-state index in [1.807, 2.05) is 0 Å². The van der Waals surface area contributed by atoms with Crippen molar-refractivity contribution in [1.82, 2.24) is 4.98 Å². The van der Waals surface area contributed by atoms with Crippen molar-refractivity contribution in [2.45, 2.75) is 26.4 Å². The Kier molecular flexibility index (Phi) is 3.19. The van der Waals surface area contributed by atoms with E-state index >= 15 is 0 Å². The lowest BCUT2D eigenvalue weighted by Gasteiger charge is -2.19. The average molecular weight is 207 g/mol. The lowest BCUT2D eigenvalue weighted by molar-refractivity contribution is 0.00677. The maximum atomic E-state index is 11.6. The van der Waals surface area contributed by atoms with Crippen LogP contribution in [0, 0.1) is 0 Å². The number of aldehydes is 1. The highest BCUT2D eigenvalue weighted by atomic mass is 16.6. The summed E-state index contributed by atoms with van der Waals surface area (Å²) in [5.74, 6) is -0.530. The van der Waals surface area contributed by atoms with Crippen LogP contribution in [0.5, 0.6) is 0 Å². The molecule has 4 nitrogen and oxygen atoms in total. The Morgan fingerprint density at radius 3 is 2.67 bits per heavy atom. The molecule has 1 heterocycles. The molecule has 0 spiro atoms. The molecular formula is C11H13NO3. The van der Waals surface area contributed by atoms with Crippen molar-refractivity contribution in [1.29, 1.82) is 0 Å². The summed E-state index contributed by atoms with van der Waals surface area (Å²) in [5.41, 5.74) is -0.276. The second-order valence-corrected chi connectivity index (χ2v) is 4.06. The summed E-state index contributed by atoms with van der Waals surface area (Å²) in [6.07, 6.45) is 2.00. The first kappa shape index (κ1) is 11.4. The number of carbonyl (C=O) groups is 2. The Bertz CT molecular complexity index is 380. The summed E-state index contributed by atoms with van der Waals surface area (Å²) in [6.45, 7) is 5.30. The summed E-state index contributed by atoms with van der Waals surface area (Å²) in [7, 11) is 0. The average Bonchev–Trinajstić information content (AvgIpc) is 2.15. The third-order valence-electron chi connectivity index (χ3n) is 1.57. The van der Waals surface area contributed by atoms with Gasteiger partial charge in [-0.1, -0.05) is 0 Å². The van der Waals surface area contributed by atoms with Gasteiger partial charge in [0.1, 0.15) is 11.3 Å². The molecule has 0 bridgehead atoms. The van der Waals surface area contributed by atoms with Crippen LogP contribution >= 0.6 is 0 Å². The fourth-order valence-electron chi connectivity index (χ4n) is 1.02. The van der Waals surface area contributed by atoms with Crippen LogP contribution in [0.1, 0.15) is 41.6 Å². The minimum atomic E-state index is -0.576. The molecule has 1 rings (SSSR count). The van der Waals surface area contributed by atoms with Crippen LogP contribution in [0.3, 0.4) is 0 Å². The summed E-state index contributed by atoms with van der Waals surface area (Å²) >= 11 is 0. The monoisotopic (exact) mass is 207 g/mol. The van der Waals surface area contributed by atoms with E-state index in [9.17, 15) is 9.59 Å². The van der Waals surface area contributed by atoms with Crippen molar-refractivity contribution < 1.29 is 14.3 Å². The zero-order valence-corrected chi connectivity index (χ0v) is 8.98. The number of nitrogens with zero attached hydrogens (tertiary/aromatic N) is 1. The van der Waals surface area contributed by atoms with E-state index in [4.69, 9.17) is 4.74 Å². The summed E-state index contributed by atoms with van der Waals surface area (Å²) < 4.78 is 5.13. The molecule has 0 N–H and O–H groups in total. The fraction of sp³-hybridized carbons (Fsp3) is 0.364. The molecule has 0 aliphatic carbocycles. The van der Waals surface area contributed by atoms with Gasteiger partial charge in [0.05, 0.1) is 5.56 Å². The van der Waals surface area contributed by atoms with Crippen LogP contribution in [0.2, 0.25) is 0 Å². The van der Waals surface area contributed by atoms with Gasteiger partial charge in [0, 0.05) is 6.20 Å². The lowest BCUT2D eigenvalue weighted by Crippen LogP contribution is -2.24. The summed E-state index contributed by atoms with van der Waals surface area (Å²) in [5, 5.41) is 0. The van der Waals surface area contributed by atoms with Crippen molar-refractivity contribution in [2.75, 3.05) is 0 Å². The highest BCUT2D eigenvalue weighted by Crippen LogP contribution is 2.13. The minimum absolute atomic E-state index is 0.103. The SMILES string of the molecule is CC(C)(C)OC(=O)c1cccnc1C=O. The van der Waals surface area contributed by atoms with Crippen molar-refractivity contribution in [2.24, 2.45) is 0 Å². The molecule has 0 unspecified atom stereocenters. The molecule has 0 amide bonds. The van der Waals surface area contributed by atoms with Gasteiger partial charge >= 0.3 is 5.97 Å². The summed E-state index contributed by atoms with van der Waals surface area (Å²) in [4.78, 5) is 26.0. The largest absolute Gasteiger partial charge is 0.456 e. The van der Waals surface area contributed by atoms with Gasteiger partial charge in [-0.3, -0.25) is 9.78 Å². The molecule has 4 heteroatoms. The van der Waals surface area contributed by atoms with E-state index in [0.717, 1.165) is 0 Å². The van der Waals surface area contributed by atoms with Crippen LogP contribution in [0.15, 0.2) is 18.3 Å². The van der Waals surface area contributed by atoms with Crippen LogP contribution in [0.4, 0.5) is 0 Å². The first-order chi connectivity index (χ1) is 6.94. The van der Waals surface area contributed by atoms with Crippen LogP contribution in [0.25, 0.3) is 0 Å². The number of ether oxygens (including phenoxy) is 1. The van der Waals surface area contributed by atoms with Crippen LogP contribution in [-0.2, 0) is 4.74 Å². The quantitative estimate of drug-likeness (QED) is 0.548. The Morgan fingerprint density at radius 2 is 2.13 bits per heavy atom. The summed E-state index contributed by atoms with van der Waals surface area (Å²) in [6, 6.07) is 3.11. The van der Waals surface area contributed by atoms with Gasteiger partial charge in [0.15, 0.2) is 6.29 Å². The molecule has 0 radical (unpaired) electrons. The second kappa shape index (κ2) is 4.21. The van der Waals surface area contributed by atoms with Crippen molar-refractivity contribution in [3.8, 4) is 0 Å². The Balaban J connectivity index is 2.96. The highest BCUT2D eigenvalue weighted by molar-refractivity contribution is 5.97. The highest BCUT2D eigenvalue weighted by Gasteiger charge is 2.20. The predicted octanol–water partition coefficient (Wildman–Crippen LogP) is 1.85. The molecule has 0 atom stereocenters. The number of pyridine rings is 1. The van der Waals surface area contributed by atoms with E-state index in [-0.39, 0.29) is 11.3 Å². The third-order valence-corrected chi connectivity index (χ3v) is 1.57. The standard InChI is InChI=1S/C11H13NO3/c1-11(2,3)15-10(14)8-5-4-6-12-9(8)7-13/h4-7H,1-3H3. The number of hydrogen-bond acceptors (Lipinski definition) is 4. The minimum Gasteiger partial charge on any atom is -0.456 e. The number of aromatic nitrogens is 1. The molecule has 0 saturated heterocycles. The molecule has 80 valence electrons. The van der Waals surface area contributed by atoms with Gasteiger partial charge in [-0.2, -0.15) is 0 Å². The zero-order chi connectivity index (χ0) is 11.5. The van der Waals surface area contributed by atoms with Crippen molar-refractivity contribution in [3.05, 3.63) is 29.6 Å². The second-order valence-electron chi connectivity index (χ2n) is 4.06. The van der Waals surface area contributed by atoms with Crippen LogP contribution in [-0.4, -0.2) is 22.8 Å². The number of hydrogen-bond donors (Lipinski definition) is 0.